The van der Waals surface area contributed by atoms with Gasteiger partial charge in [0, 0.05) is 49.0 Å². The van der Waals surface area contributed by atoms with E-state index in [1.807, 2.05) is 30.3 Å². The summed E-state index contributed by atoms with van der Waals surface area (Å²) in [7, 11) is -7.91. The Morgan fingerprint density at radius 2 is 1.79 bits per heavy atom. The van der Waals surface area contributed by atoms with E-state index in [-0.39, 0.29) is 45.8 Å². The van der Waals surface area contributed by atoms with Crippen LogP contribution in [0.25, 0.3) is 10.4 Å². The van der Waals surface area contributed by atoms with Gasteiger partial charge in [0.1, 0.15) is 4.75 Å². The van der Waals surface area contributed by atoms with Gasteiger partial charge < -0.3 is 9.47 Å². The number of morpholine rings is 1. The van der Waals surface area contributed by atoms with E-state index in [2.05, 4.69) is 12.4 Å². The molecule has 1 unspecified atom stereocenters. The third kappa shape index (κ3) is 6.75. The highest BCUT2D eigenvalue weighted by Gasteiger charge is 2.51. The average molecular weight is 642 g/mol. The molecule has 2 atom stereocenters. The van der Waals surface area contributed by atoms with Crippen LogP contribution in [0.2, 0.25) is 0 Å². The van der Waals surface area contributed by atoms with E-state index in [9.17, 15) is 21.6 Å². The summed E-state index contributed by atoms with van der Waals surface area (Å²) in [5.74, 6) is -1.01. The molecule has 232 valence electrons. The molecule has 1 aromatic heterocycles. The molecule has 5 rings (SSSR count). The zero-order valence-corrected chi connectivity index (χ0v) is 26.3. The van der Waals surface area contributed by atoms with Gasteiger partial charge in [-0.3, -0.25) is 4.79 Å². The SMILES string of the molecule is CCc1ccc(-c2ccc([C@@]3(CC(=O)NOC4CCCCO4)CCN(S(=O)(=O)N4CCOCC4)CCS3(=O)=O)s2)cc1. The van der Waals surface area contributed by atoms with Crippen molar-refractivity contribution in [3.05, 3.63) is 46.8 Å². The van der Waals surface area contributed by atoms with Gasteiger partial charge in [0.15, 0.2) is 16.1 Å². The molecule has 1 aromatic carbocycles. The summed E-state index contributed by atoms with van der Waals surface area (Å²) in [6.45, 7) is 3.39. The molecule has 3 fully saturated rings. The molecule has 14 heteroatoms. The Hall–Kier alpha value is -1.91. The molecule has 0 radical (unpaired) electrons. The van der Waals surface area contributed by atoms with E-state index in [1.54, 1.807) is 6.07 Å². The molecule has 42 heavy (non-hydrogen) atoms. The number of sulfone groups is 1. The van der Waals surface area contributed by atoms with Crippen molar-refractivity contribution < 1.29 is 35.9 Å². The Morgan fingerprint density at radius 3 is 2.48 bits per heavy atom. The lowest BCUT2D eigenvalue weighted by atomic mass is 9.97. The number of thiophene rings is 1. The standard InChI is InChI=1S/C28H39N3O8S3/c1-2-22-6-8-23(9-7-22)24-10-11-25(40-24)28(21-26(32)29-39-27-5-3-4-17-38-27)12-13-30(16-20-41(28,33)34)42(35,36)31-14-18-37-19-15-31/h6-11,27H,2-5,12-21H2,1H3,(H,29,32)/t27?,28-/m0/s1. The molecule has 2 aromatic rings. The monoisotopic (exact) mass is 641 g/mol. The highest BCUT2D eigenvalue weighted by molar-refractivity contribution is 7.92. The first-order valence-electron chi connectivity index (χ1n) is 14.5. The summed E-state index contributed by atoms with van der Waals surface area (Å²) < 4.78 is 67.0. The predicted molar refractivity (Wildman–Crippen MR) is 160 cm³/mol. The zero-order chi connectivity index (χ0) is 29.8. The van der Waals surface area contributed by atoms with Crippen LogP contribution < -0.4 is 5.48 Å². The number of hydrogen-bond donors (Lipinski definition) is 1. The lowest BCUT2D eigenvalue weighted by Crippen LogP contribution is -2.49. The molecule has 3 aliphatic heterocycles. The first-order valence-corrected chi connectivity index (χ1v) is 18.3. The van der Waals surface area contributed by atoms with E-state index in [0.717, 1.165) is 29.7 Å². The maximum Gasteiger partial charge on any atom is 0.282 e. The number of ether oxygens (including phenoxy) is 2. The topological polar surface area (TPSA) is 132 Å². The molecule has 3 saturated heterocycles. The summed E-state index contributed by atoms with van der Waals surface area (Å²) in [5, 5.41) is 0. The fraction of sp³-hybridized carbons (Fsp3) is 0.607. The minimum Gasteiger partial charge on any atom is -0.379 e. The summed E-state index contributed by atoms with van der Waals surface area (Å²) >= 11 is 1.32. The van der Waals surface area contributed by atoms with E-state index < -0.39 is 49.2 Å². The van der Waals surface area contributed by atoms with Gasteiger partial charge >= 0.3 is 0 Å². The number of carbonyl (C=O) groups excluding carboxylic acids is 1. The molecule has 0 aliphatic carbocycles. The van der Waals surface area contributed by atoms with Gasteiger partial charge in [0.2, 0.25) is 5.91 Å². The Labute approximate surface area is 252 Å². The fourth-order valence-electron chi connectivity index (χ4n) is 5.60. The van der Waals surface area contributed by atoms with Gasteiger partial charge in [-0.05, 0) is 48.9 Å². The van der Waals surface area contributed by atoms with Crippen LogP contribution in [0.15, 0.2) is 36.4 Å². The second kappa shape index (κ2) is 13.4. The number of hydroxylamine groups is 1. The number of carbonyl (C=O) groups is 1. The molecule has 1 amide bonds. The lowest BCUT2D eigenvalue weighted by molar-refractivity contribution is -0.200. The zero-order valence-electron chi connectivity index (χ0n) is 23.8. The van der Waals surface area contributed by atoms with Gasteiger partial charge in [-0.2, -0.15) is 17.0 Å². The molecule has 3 aliphatic rings. The number of benzene rings is 1. The van der Waals surface area contributed by atoms with Crippen LogP contribution in [0.4, 0.5) is 0 Å². The normalized spacial score (nSPS) is 26.0. The minimum atomic E-state index is -4.00. The van der Waals surface area contributed by atoms with Gasteiger partial charge in [-0.15, -0.1) is 11.3 Å². The molecule has 0 saturated carbocycles. The molecule has 1 N–H and O–H groups in total. The number of amides is 1. The van der Waals surface area contributed by atoms with Crippen LogP contribution >= 0.6 is 11.3 Å². The molecule has 0 spiro atoms. The van der Waals surface area contributed by atoms with Crippen LogP contribution in [0.3, 0.4) is 0 Å². The number of nitrogens with one attached hydrogen (secondary N) is 1. The molecule has 4 heterocycles. The summed E-state index contributed by atoms with van der Waals surface area (Å²) in [4.78, 5) is 20.2. The fourth-order valence-corrected chi connectivity index (χ4v) is 10.9. The van der Waals surface area contributed by atoms with E-state index in [0.29, 0.717) is 17.9 Å². The van der Waals surface area contributed by atoms with Crippen molar-refractivity contribution in [2.75, 3.05) is 51.8 Å². The highest BCUT2D eigenvalue weighted by Crippen LogP contribution is 2.45. The minimum absolute atomic E-state index is 0.0444. The van der Waals surface area contributed by atoms with Crippen LogP contribution in [0.5, 0.6) is 0 Å². The second-order valence-corrected chi connectivity index (χ2v) is 16.2. The second-order valence-electron chi connectivity index (χ2n) is 10.8. The van der Waals surface area contributed by atoms with Crippen molar-refractivity contribution in [2.24, 2.45) is 0 Å². The summed E-state index contributed by atoms with van der Waals surface area (Å²) in [6.07, 6.45) is 2.30. The van der Waals surface area contributed by atoms with Gasteiger partial charge in [-0.1, -0.05) is 31.2 Å². The molecule has 0 bridgehead atoms. The summed E-state index contributed by atoms with van der Waals surface area (Å²) in [6, 6.07) is 11.7. The first kappa shape index (κ1) is 31.5. The first-order chi connectivity index (χ1) is 20.1. The van der Waals surface area contributed by atoms with Crippen LogP contribution in [-0.4, -0.2) is 89.4 Å². The Bertz CT molecular complexity index is 1430. The van der Waals surface area contributed by atoms with Crippen molar-refractivity contribution in [3.8, 4) is 10.4 Å². The molecule has 11 nitrogen and oxygen atoms in total. The smallest absolute Gasteiger partial charge is 0.282 e. The van der Waals surface area contributed by atoms with Crippen LogP contribution in [-0.2, 0) is 50.3 Å². The van der Waals surface area contributed by atoms with Gasteiger partial charge in [0.05, 0.1) is 25.4 Å². The quantitative estimate of drug-likeness (QED) is 0.414. The highest BCUT2D eigenvalue weighted by atomic mass is 32.2. The summed E-state index contributed by atoms with van der Waals surface area (Å²) in [5.41, 5.74) is 4.56. The van der Waals surface area contributed by atoms with Crippen molar-refractivity contribution in [1.29, 1.82) is 0 Å². The third-order valence-corrected chi connectivity index (χ3v) is 14.2. The van der Waals surface area contributed by atoms with E-state index >= 15 is 0 Å². The number of nitrogens with zero attached hydrogens (tertiary/aromatic N) is 2. The van der Waals surface area contributed by atoms with E-state index in [4.69, 9.17) is 14.3 Å². The van der Waals surface area contributed by atoms with Crippen LogP contribution in [0, 0.1) is 0 Å². The number of rotatable bonds is 9. The van der Waals surface area contributed by atoms with Crippen molar-refractivity contribution >= 4 is 37.3 Å². The Balaban J connectivity index is 1.45. The van der Waals surface area contributed by atoms with Gasteiger partial charge in [0.25, 0.3) is 10.2 Å². The number of hydrogen-bond acceptors (Lipinski definition) is 9. The van der Waals surface area contributed by atoms with Gasteiger partial charge in [-0.25, -0.2) is 18.7 Å². The molecular formula is C28H39N3O8S3. The van der Waals surface area contributed by atoms with Crippen molar-refractivity contribution in [1.82, 2.24) is 14.1 Å². The third-order valence-electron chi connectivity index (χ3n) is 8.18. The Kier molecular flexibility index (Phi) is 10.0. The van der Waals surface area contributed by atoms with Crippen molar-refractivity contribution in [2.45, 2.75) is 56.5 Å². The van der Waals surface area contributed by atoms with E-state index in [1.165, 1.54) is 25.5 Å². The van der Waals surface area contributed by atoms with Crippen molar-refractivity contribution in [3.63, 3.8) is 0 Å². The predicted octanol–water partition coefficient (Wildman–Crippen LogP) is 2.83. The largest absolute Gasteiger partial charge is 0.379 e. The maximum atomic E-state index is 14.1. The lowest BCUT2D eigenvalue weighted by Gasteiger charge is -2.32. The van der Waals surface area contributed by atoms with Crippen LogP contribution in [0.1, 0.15) is 49.5 Å². The maximum absolute atomic E-state index is 14.1. The number of aryl methyl sites for hydroxylation is 1. The molecular weight excluding hydrogens is 603 g/mol. The average Bonchev–Trinajstić information content (AvgIpc) is 3.46. The Morgan fingerprint density at radius 1 is 1.05 bits per heavy atom.